The minimum atomic E-state index is -0.152. The van der Waals surface area contributed by atoms with Crippen molar-refractivity contribution in [3.8, 4) is 56.2 Å². The standard InChI is InChI=1S/C48H42N4/c1-47(2,3)39-29-27-36-26-28-37-38(30-40(48(4,5)6)50-46(37)45(36)49-39)31-22-24-35(25-23-31)44-43(34-20-14-9-15-21-34)51-41(32-16-10-7-11-17-32)42(52-44)33-18-12-8-13-19-33/h7-30H,1-6H3. The molecule has 0 aliphatic heterocycles. The van der Waals surface area contributed by atoms with Crippen LogP contribution in [0, 0.1) is 0 Å². The number of rotatable bonds is 5. The first-order chi connectivity index (χ1) is 25.0. The molecule has 0 aliphatic rings. The molecule has 0 atom stereocenters. The Labute approximate surface area is 306 Å². The number of pyridine rings is 2. The van der Waals surface area contributed by atoms with Crippen molar-refractivity contribution < 1.29 is 0 Å². The molecule has 0 radical (unpaired) electrons. The lowest BCUT2D eigenvalue weighted by molar-refractivity contribution is 0.570. The van der Waals surface area contributed by atoms with E-state index in [1.807, 2.05) is 18.2 Å². The highest BCUT2D eigenvalue weighted by Gasteiger charge is 2.23. The van der Waals surface area contributed by atoms with E-state index in [2.05, 4.69) is 169 Å². The fraction of sp³-hybridized carbons (Fsp3) is 0.167. The number of hydrogen-bond donors (Lipinski definition) is 0. The minimum Gasteiger partial charge on any atom is -0.250 e. The van der Waals surface area contributed by atoms with E-state index in [1.165, 1.54) is 0 Å². The van der Waals surface area contributed by atoms with E-state index in [0.29, 0.717) is 0 Å². The van der Waals surface area contributed by atoms with Gasteiger partial charge in [-0.05, 0) is 23.3 Å². The second-order valence-electron chi connectivity index (χ2n) is 15.6. The van der Waals surface area contributed by atoms with Gasteiger partial charge in [0.25, 0.3) is 0 Å². The summed E-state index contributed by atoms with van der Waals surface area (Å²) in [5, 5.41) is 2.19. The minimum absolute atomic E-state index is 0.0716. The lowest BCUT2D eigenvalue weighted by Crippen LogP contribution is -2.15. The molecule has 0 aliphatic carbocycles. The highest BCUT2D eigenvalue weighted by atomic mass is 14.9. The average molecular weight is 675 g/mol. The van der Waals surface area contributed by atoms with E-state index in [4.69, 9.17) is 19.9 Å². The van der Waals surface area contributed by atoms with Crippen molar-refractivity contribution in [2.45, 2.75) is 52.4 Å². The van der Waals surface area contributed by atoms with Crippen molar-refractivity contribution in [2.24, 2.45) is 0 Å². The maximum atomic E-state index is 5.45. The van der Waals surface area contributed by atoms with E-state index in [9.17, 15) is 0 Å². The van der Waals surface area contributed by atoms with Crippen LogP contribution in [0.3, 0.4) is 0 Å². The summed E-state index contributed by atoms with van der Waals surface area (Å²) in [7, 11) is 0. The van der Waals surface area contributed by atoms with E-state index in [-0.39, 0.29) is 10.8 Å². The van der Waals surface area contributed by atoms with Crippen molar-refractivity contribution in [1.29, 1.82) is 0 Å². The summed E-state index contributed by atoms with van der Waals surface area (Å²) in [6.07, 6.45) is 0. The molecule has 0 fully saturated rings. The first-order valence-corrected chi connectivity index (χ1v) is 18.0. The molecule has 3 aromatic heterocycles. The van der Waals surface area contributed by atoms with Crippen LogP contribution in [0.5, 0.6) is 0 Å². The van der Waals surface area contributed by atoms with Crippen LogP contribution in [-0.4, -0.2) is 19.9 Å². The summed E-state index contributed by atoms with van der Waals surface area (Å²) < 4.78 is 0. The lowest BCUT2D eigenvalue weighted by atomic mass is 9.87. The van der Waals surface area contributed by atoms with Gasteiger partial charge in [-0.25, -0.2) is 19.9 Å². The first kappa shape index (κ1) is 33.2. The van der Waals surface area contributed by atoms with Crippen molar-refractivity contribution in [2.75, 3.05) is 0 Å². The second-order valence-corrected chi connectivity index (χ2v) is 15.6. The van der Waals surface area contributed by atoms with E-state index in [0.717, 1.165) is 89.4 Å². The van der Waals surface area contributed by atoms with E-state index >= 15 is 0 Å². The molecule has 0 N–H and O–H groups in total. The fourth-order valence-electron chi connectivity index (χ4n) is 6.75. The van der Waals surface area contributed by atoms with Crippen molar-refractivity contribution >= 4 is 21.8 Å². The van der Waals surface area contributed by atoms with Crippen LogP contribution in [0.15, 0.2) is 146 Å². The van der Waals surface area contributed by atoms with Gasteiger partial charge < -0.3 is 0 Å². The van der Waals surface area contributed by atoms with Crippen LogP contribution in [-0.2, 0) is 10.8 Å². The van der Waals surface area contributed by atoms with Crippen molar-refractivity contribution in [3.05, 3.63) is 157 Å². The van der Waals surface area contributed by atoms with Gasteiger partial charge in [0.2, 0.25) is 0 Å². The fourth-order valence-corrected chi connectivity index (χ4v) is 6.75. The quantitative estimate of drug-likeness (QED) is 0.171. The number of hydrogen-bond acceptors (Lipinski definition) is 4. The van der Waals surface area contributed by atoms with Crippen molar-refractivity contribution in [1.82, 2.24) is 19.9 Å². The molecule has 254 valence electrons. The SMILES string of the molecule is CC(C)(C)c1ccc2ccc3c(-c4ccc(-c5nc(-c6ccccc6)c(-c6ccccc6)nc5-c5ccccc5)cc4)cc(C(C)(C)C)nc3c2n1. The summed E-state index contributed by atoms with van der Waals surface area (Å²) in [6, 6.07) is 50.8. The van der Waals surface area contributed by atoms with Gasteiger partial charge in [0, 0.05) is 55.2 Å². The predicted molar refractivity (Wildman–Crippen MR) is 217 cm³/mol. The highest BCUT2D eigenvalue weighted by molar-refractivity contribution is 6.08. The Hall–Kier alpha value is -6.00. The Morgan fingerprint density at radius 2 is 0.750 bits per heavy atom. The topological polar surface area (TPSA) is 51.6 Å². The van der Waals surface area contributed by atoms with Gasteiger partial charge in [0.1, 0.15) is 0 Å². The molecule has 5 aromatic carbocycles. The van der Waals surface area contributed by atoms with Crippen LogP contribution in [0.2, 0.25) is 0 Å². The largest absolute Gasteiger partial charge is 0.250 e. The maximum Gasteiger partial charge on any atom is 0.0974 e. The molecule has 0 saturated carbocycles. The lowest BCUT2D eigenvalue weighted by Gasteiger charge is -2.22. The zero-order valence-corrected chi connectivity index (χ0v) is 30.6. The third kappa shape index (κ3) is 6.26. The molecule has 0 unspecified atom stereocenters. The molecule has 52 heavy (non-hydrogen) atoms. The summed E-state index contributed by atoms with van der Waals surface area (Å²) >= 11 is 0. The molecule has 8 aromatic rings. The van der Waals surface area contributed by atoms with Gasteiger partial charge in [-0.2, -0.15) is 0 Å². The molecule has 0 amide bonds. The molecule has 3 heterocycles. The molecule has 0 saturated heterocycles. The molecule has 4 nitrogen and oxygen atoms in total. The highest BCUT2D eigenvalue weighted by Crippen LogP contribution is 2.40. The second kappa shape index (κ2) is 13.0. The first-order valence-electron chi connectivity index (χ1n) is 18.0. The molecular weight excluding hydrogens is 633 g/mol. The molecule has 4 heteroatoms. The zero-order chi connectivity index (χ0) is 36.0. The number of benzene rings is 5. The van der Waals surface area contributed by atoms with Crippen LogP contribution in [0.4, 0.5) is 0 Å². The molecule has 0 spiro atoms. The van der Waals surface area contributed by atoms with Gasteiger partial charge in [-0.15, -0.1) is 0 Å². The monoisotopic (exact) mass is 674 g/mol. The third-order valence-electron chi connectivity index (χ3n) is 9.68. The smallest absolute Gasteiger partial charge is 0.0974 e. The van der Waals surface area contributed by atoms with Crippen LogP contribution in [0.1, 0.15) is 52.9 Å². The zero-order valence-electron chi connectivity index (χ0n) is 30.6. The van der Waals surface area contributed by atoms with Crippen LogP contribution >= 0.6 is 0 Å². The summed E-state index contributed by atoms with van der Waals surface area (Å²) in [5.41, 5.74) is 13.5. The van der Waals surface area contributed by atoms with Crippen LogP contribution in [0.25, 0.3) is 78.0 Å². The van der Waals surface area contributed by atoms with E-state index < -0.39 is 0 Å². The van der Waals surface area contributed by atoms with Gasteiger partial charge in [0.15, 0.2) is 0 Å². The summed E-state index contributed by atoms with van der Waals surface area (Å²) in [5.74, 6) is 0. The Balaban J connectivity index is 1.33. The van der Waals surface area contributed by atoms with Gasteiger partial charge in [0.05, 0.1) is 33.8 Å². The van der Waals surface area contributed by atoms with Gasteiger partial charge in [-0.3, -0.25) is 0 Å². The Kier molecular flexibility index (Phi) is 8.26. The number of aromatic nitrogens is 4. The Bertz CT molecular complexity index is 2550. The van der Waals surface area contributed by atoms with Crippen LogP contribution < -0.4 is 0 Å². The average Bonchev–Trinajstić information content (AvgIpc) is 3.17. The predicted octanol–water partition coefficient (Wildman–Crippen LogP) is 12.5. The van der Waals surface area contributed by atoms with Gasteiger partial charge >= 0.3 is 0 Å². The number of nitrogens with zero attached hydrogens (tertiary/aromatic N) is 4. The number of fused-ring (bicyclic) bond motifs is 3. The van der Waals surface area contributed by atoms with Gasteiger partial charge in [-0.1, -0.05) is 175 Å². The third-order valence-corrected chi connectivity index (χ3v) is 9.68. The van der Waals surface area contributed by atoms with Crippen molar-refractivity contribution in [3.63, 3.8) is 0 Å². The normalized spacial score (nSPS) is 12.0. The Morgan fingerprint density at radius 3 is 1.21 bits per heavy atom. The molecular formula is C48H42N4. The van der Waals surface area contributed by atoms with E-state index in [1.54, 1.807) is 0 Å². The Morgan fingerprint density at radius 1 is 0.346 bits per heavy atom. The summed E-state index contributed by atoms with van der Waals surface area (Å²) in [6.45, 7) is 13.3. The maximum absolute atomic E-state index is 5.45. The molecule has 8 rings (SSSR count). The summed E-state index contributed by atoms with van der Waals surface area (Å²) in [4.78, 5) is 21.3. The molecule has 0 bridgehead atoms.